The van der Waals surface area contributed by atoms with E-state index in [2.05, 4.69) is 10.1 Å². The third-order valence-electron chi connectivity index (χ3n) is 3.34. The Morgan fingerprint density at radius 2 is 1.86 bits per heavy atom. The third kappa shape index (κ3) is 2.23. The van der Waals surface area contributed by atoms with Crippen LogP contribution in [0.2, 0.25) is 0 Å². The second kappa shape index (κ2) is 5.28. The van der Waals surface area contributed by atoms with Crippen molar-refractivity contribution in [2.75, 3.05) is 12.8 Å². The number of hydrogen-bond donors (Lipinski definition) is 1. The molecule has 2 aromatic heterocycles. The molecule has 2 N–H and O–H groups in total. The van der Waals surface area contributed by atoms with Gasteiger partial charge in [0.25, 0.3) is 0 Å². The first-order valence-corrected chi connectivity index (χ1v) is 6.53. The van der Waals surface area contributed by atoms with Crippen LogP contribution in [0, 0.1) is 6.92 Å². The standard InChI is InChI=1S/C16H15N3O2/c1-10-6-3-4-7-11(10)13-14(21-19-15(13)17)12-8-5-9-18-16(12)20-2/h3-9H,1-2H3,(H2,17,19). The lowest BCUT2D eigenvalue weighted by atomic mass is 9.98. The van der Waals surface area contributed by atoms with E-state index in [-0.39, 0.29) is 0 Å². The summed E-state index contributed by atoms with van der Waals surface area (Å²) in [6.45, 7) is 2.02. The molecule has 21 heavy (non-hydrogen) atoms. The maximum Gasteiger partial charge on any atom is 0.224 e. The van der Waals surface area contributed by atoms with Gasteiger partial charge in [0.1, 0.15) is 0 Å². The molecule has 3 aromatic rings. The van der Waals surface area contributed by atoms with Crippen molar-refractivity contribution < 1.29 is 9.26 Å². The molecule has 5 heteroatoms. The number of rotatable bonds is 3. The zero-order valence-electron chi connectivity index (χ0n) is 11.8. The van der Waals surface area contributed by atoms with E-state index in [9.17, 15) is 0 Å². The highest BCUT2D eigenvalue weighted by atomic mass is 16.5. The SMILES string of the molecule is COc1ncccc1-c1onc(N)c1-c1ccccc1C. The van der Waals surface area contributed by atoms with E-state index in [1.807, 2.05) is 43.3 Å². The Labute approximate surface area is 122 Å². The van der Waals surface area contributed by atoms with E-state index in [4.69, 9.17) is 15.0 Å². The van der Waals surface area contributed by atoms with E-state index >= 15 is 0 Å². The van der Waals surface area contributed by atoms with Gasteiger partial charge in [0.2, 0.25) is 5.88 Å². The quantitative estimate of drug-likeness (QED) is 0.797. The number of nitrogens with two attached hydrogens (primary N) is 1. The van der Waals surface area contributed by atoms with E-state index in [1.165, 1.54) is 0 Å². The summed E-state index contributed by atoms with van der Waals surface area (Å²) in [6, 6.07) is 11.6. The van der Waals surface area contributed by atoms with E-state index < -0.39 is 0 Å². The number of pyridine rings is 1. The first-order chi connectivity index (χ1) is 10.2. The molecule has 0 aliphatic carbocycles. The number of hydrogen-bond acceptors (Lipinski definition) is 5. The van der Waals surface area contributed by atoms with Gasteiger partial charge in [0.05, 0.1) is 18.2 Å². The highest BCUT2D eigenvalue weighted by Crippen LogP contribution is 2.40. The van der Waals surface area contributed by atoms with Crippen LogP contribution in [-0.2, 0) is 0 Å². The zero-order valence-corrected chi connectivity index (χ0v) is 11.8. The largest absolute Gasteiger partial charge is 0.480 e. The number of benzene rings is 1. The maximum absolute atomic E-state index is 6.01. The average Bonchev–Trinajstić information content (AvgIpc) is 2.89. The minimum Gasteiger partial charge on any atom is -0.480 e. The lowest BCUT2D eigenvalue weighted by molar-refractivity contribution is 0.393. The van der Waals surface area contributed by atoms with Crippen LogP contribution < -0.4 is 10.5 Å². The van der Waals surface area contributed by atoms with Gasteiger partial charge in [-0.05, 0) is 30.2 Å². The Morgan fingerprint density at radius 1 is 1.10 bits per heavy atom. The van der Waals surface area contributed by atoms with Crippen LogP contribution in [0.1, 0.15) is 5.56 Å². The van der Waals surface area contributed by atoms with Crippen LogP contribution in [0.4, 0.5) is 5.82 Å². The van der Waals surface area contributed by atoms with Crippen molar-refractivity contribution in [3.63, 3.8) is 0 Å². The number of aryl methyl sites for hydroxylation is 1. The predicted molar refractivity (Wildman–Crippen MR) is 80.9 cm³/mol. The fourth-order valence-electron chi connectivity index (χ4n) is 2.33. The van der Waals surface area contributed by atoms with Gasteiger partial charge >= 0.3 is 0 Å². The van der Waals surface area contributed by atoms with Gasteiger partial charge in [-0.3, -0.25) is 0 Å². The van der Waals surface area contributed by atoms with E-state index in [1.54, 1.807) is 13.3 Å². The summed E-state index contributed by atoms with van der Waals surface area (Å²) >= 11 is 0. The number of anilines is 1. The van der Waals surface area contributed by atoms with Crippen molar-refractivity contribution in [3.8, 4) is 28.3 Å². The smallest absolute Gasteiger partial charge is 0.224 e. The monoisotopic (exact) mass is 281 g/mol. The summed E-state index contributed by atoms with van der Waals surface area (Å²) in [5.41, 5.74) is 9.57. The lowest BCUT2D eigenvalue weighted by Gasteiger charge is -2.08. The van der Waals surface area contributed by atoms with Crippen LogP contribution >= 0.6 is 0 Å². The molecule has 3 rings (SSSR count). The van der Waals surface area contributed by atoms with E-state index in [0.29, 0.717) is 17.5 Å². The molecular weight excluding hydrogens is 266 g/mol. The summed E-state index contributed by atoms with van der Waals surface area (Å²) in [4.78, 5) is 4.19. The molecule has 0 aliphatic heterocycles. The molecule has 0 radical (unpaired) electrons. The Bertz CT molecular complexity index is 781. The minimum atomic E-state index is 0.352. The predicted octanol–water partition coefficient (Wildman–Crippen LogP) is 3.30. The highest BCUT2D eigenvalue weighted by molar-refractivity contribution is 5.89. The molecule has 0 fully saturated rings. The first kappa shape index (κ1) is 13.2. The molecule has 0 spiro atoms. The van der Waals surface area contributed by atoms with Crippen LogP contribution in [0.15, 0.2) is 47.1 Å². The molecule has 0 unspecified atom stereocenters. The number of ether oxygens (including phenoxy) is 1. The van der Waals surface area contributed by atoms with Crippen molar-refractivity contribution >= 4 is 5.82 Å². The summed E-state index contributed by atoms with van der Waals surface area (Å²) in [5, 5.41) is 3.91. The normalized spacial score (nSPS) is 10.6. The van der Waals surface area contributed by atoms with Crippen molar-refractivity contribution in [2.24, 2.45) is 0 Å². The highest BCUT2D eigenvalue weighted by Gasteiger charge is 2.21. The minimum absolute atomic E-state index is 0.352. The van der Waals surface area contributed by atoms with Crippen molar-refractivity contribution in [1.82, 2.24) is 10.1 Å². The summed E-state index contributed by atoms with van der Waals surface area (Å²) < 4.78 is 10.7. The Kier molecular flexibility index (Phi) is 3.31. The molecule has 0 saturated heterocycles. The lowest BCUT2D eigenvalue weighted by Crippen LogP contribution is -1.93. The fourth-order valence-corrected chi connectivity index (χ4v) is 2.33. The third-order valence-corrected chi connectivity index (χ3v) is 3.34. The molecule has 2 heterocycles. The molecule has 106 valence electrons. The van der Waals surface area contributed by atoms with Crippen molar-refractivity contribution in [2.45, 2.75) is 6.92 Å². The molecular formula is C16H15N3O2. The van der Waals surface area contributed by atoms with Crippen LogP contribution in [0.5, 0.6) is 5.88 Å². The van der Waals surface area contributed by atoms with Crippen LogP contribution in [-0.4, -0.2) is 17.3 Å². The number of nitrogen functional groups attached to an aromatic ring is 1. The van der Waals surface area contributed by atoms with Gasteiger partial charge < -0.3 is 15.0 Å². The summed E-state index contributed by atoms with van der Waals surface area (Å²) in [6.07, 6.45) is 1.66. The second-order valence-electron chi connectivity index (χ2n) is 4.65. The molecule has 0 amide bonds. The second-order valence-corrected chi connectivity index (χ2v) is 4.65. The molecule has 0 aliphatic rings. The maximum atomic E-state index is 6.01. The Balaban J connectivity index is 2.25. The number of aromatic nitrogens is 2. The van der Waals surface area contributed by atoms with Gasteiger partial charge in [0.15, 0.2) is 11.6 Å². The van der Waals surface area contributed by atoms with Gasteiger partial charge in [-0.15, -0.1) is 0 Å². The zero-order chi connectivity index (χ0) is 14.8. The molecule has 0 atom stereocenters. The fraction of sp³-hybridized carbons (Fsp3) is 0.125. The average molecular weight is 281 g/mol. The number of nitrogens with zero attached hydrogens (tertiary/aromatic N) is 2. The topological polar surface area (TPSA) is 74.2 Å². The molecule has 5 nitrogen and oxygen atoms in total. The Morgan fingerprint density at radius 3 is 2.62 bits per heavy atom. The molecule has 0 bridgehead atoms. The van der Waals surface area contributed by atoms with Crippen LogP contribution in [0.3, 0.4) is 0 Å². The summed E-state index contributed by atoms with van der Waals surface area (Å²) in [7, 11) is 1.57. The summed E-state index contributed by atoms with van der Waals surface area (Å²) in [5.74, 6) is 1.39. The number of methoxy groups -OCH3 is 1. The van der Waals surface area contributed by atoms with E-state index in [0.717, 1.165) is 22.3 Å². The van der Waals surface area contributed by atoms with Gasteiger partial charge in [-0.2, -0.15) is 0 Å². The molecule has 1 aromatic carbocycles. The van der Waals surface area contributed by atoms with Gasteiger partial charge in [-0.1, -0.05) is 29.4 Å². The first-order valence-electron chi connectivity index (χ1n) is 6.53. The Hall–Kier alpha value is -2.82. The van der Waals surface area contributed by atoms with Crippen molar-refractivity contribution in [1.29, 1.82) is 0 Å². The van der Waals surface area contributed by atoms with Crippen molar-refractivity contribution in [3.05, 3.63) is 48.2 Å². The van der Waals surface area contributed by atoms with Gasteiger partial charge in [0, 0.05) is 6.20 Å². The molecule has 0 saturated carbocycles. The van der Waals surface area contributed by atoms with Gasteiger partial charge in [-0.25, -0.2) is 4.98 Å². The van der Waals surface area contributed by atoms with Crippen LogP contribution in [0.25, 0.3) is 22.5 Å².